The van der Waals surface area contributed by atoms with Crippen LogP contribution in [-0.4, -0.2) is 40.4 Å². The van der Waals surface area contributed by atoms with E-state index in [2.05, 4.69) is 0 Å². The summed E-state index contributed by atoms with van der Waals surface area (Å²) in [5, 5.41) is 18.0. The summed E-state index contributed by atoms with van der Waals surface area (Å²) in [7, 11) is 0. The number of rotatable bonds is 1. The molecule has 10 heavy (non-hydrogen) atoms. The van der Waals surface area contributed by atoms with Crippen LogP contribution >= 0.6 is 0 Å². The van der Waals surface area contributed by atoms with Gasteiger partial charge in [-0.1, -0.05) is 0 Å². The van der Waals surface area contributed by atoms with Crippen LogP contribution in [0, 0.1) is 6.54 Å². The molecular weight excluding hydrogens is 163 g/mol. The SMILES string of the molecule is C[CH-]N1CC(O)C(O)C1.[Sc]. The van der Waals surface area contributed by atoms with E-state index in [-0.39, 0.29) is 25.8 Å². The number of aliphatic hydroxyl groups is 2. The Balaban J connectivity index is 0.000000810. The van der Waals surface area contributed by atoms with Crippen molar-refractivity contribution in [3.63, 3.8) is 0 Å². The fraction of sp³-hybridized carbons (Fsp3) is 0.833. The molecule has 1 fully saturated rings. The summed E-state index contributed by atoms with van der Waals surface area (Å²) in [5.74, 6) is 0. The Kier molecular flexibility index (Phi) is 4.94. The van der Waals surface area contributed by atoms with E-state index in [4.69, 9.17) is 10.2 Å². The molecule has 2 N–H and O–H groups in total. The van der Waals surface area contributed by atoms with Gasteiger partial charge in [-0.2, -0.15) is 6.92 Å². The molecule has 1 radical (unpaired) electrons. The van der Waals surface area contributed by atoms with Crippen molar-refractivity contribution in [2.24, 2.45) is 0 Å². The number of aliphatic hydroxyl groups excluding tert-OH is 2. The number of hydrogen-bond acceptors (Lipinski definition) is 3. The van der Waals surface area contributed by atoms with Crippen LogP contribution in [0.15, 0.2) is 0 Å². The maximum Gasteiger partial charge on any atom is 0.0913 e. The molecule has 3 nitrogen and oxygen atoms in total. The topological polar surface area (TPSA) is 43.7 Å². The van der Waals surface area contributed by atoms with E-state index in [0.29, 0.717) is 13.1 Å². The van der Waals surface area contributed by atoms with Crippen LogP contribution in [0.3, 0.4) is 0 Å². The van der Waals surface area contributed by atoms with Gasteiger partial charge in [0, 0.05) is 25.8 Å². The third-order valence-corrected chi connectivity index (χ3v) is 1.65. The second-order valence-corrected chi connectivity index (χ2v) is 2.35. The van der Waals surface area contributed by atoms with Gasteiger partial charge in [0.25, 0.3) is 0 Å². The fourth-order valence-corrected chi connectivity index (χ4v) is 1.01. The van der Waals surface area contributed by atoms with Crippen LogP contribution in [0.5, 0.6) is 0 Å². The molecule has 1 aliphatic rings. The molecule has 2 atom stereocenters. The van der Waals surface area contributed by atoms with Gasteiger partial charge in [-0.25, -0.2) is 0 Å². The standard InChI is InChI=1S/C6H12NO2.Sc/c1-2-7-3-5(8)6(9)4-7;/h2,5-6,8-9H,3-4H2,1H3;/q-1;. The number of likely N-dealkylation sites (tertiary alicyclic amines) is 1. The molecule has 2 unspecified atom stereocenters. The van der Waals surface area contributed by atoms with Crippen molar-refractivity contribution in [2.75, 3.05) is 13.1 Å². The first-order valence-corrected chi connectivity index (χ1v) is 3.13. The Bertz CT molecular complexity index is 91.7. The minimum atomic E-state index is -0.554. The van der Waals surface area contributed by atoms with Crippen molar-refractivity contribution < 1.29 is 36.1 Å². The molecule has 0 amide bonds. The smallest absolute Gasteiger partial charge is 0.0913 e. The summed E-state index contributed by atoms with van der Waals surface area (Å²) in [4.78, 5) is 1.90. The summed E-state index contributed by atoms with van der Waals surface area (Å²) in [6, 6.07) is 0. The minimum absolute atomic E-state index is 0. The van der Waals surface area contributed by atoms with Crippen LogP contribution in [0.4, 0.5) is 0 Å². The second kappa shape index (κ2) is 4.59. The van der Waals surface area contributed by atoms with Crippen LogP contribution in [0.1, 0.15) is 6.92 Å². The third-order valence-electron chi connectivity index (χ3n) is 1.65. The summed E-state index contributed by atoms with van der Waals surface area (Å²) >= 11 is 0. The predicted molar refractivity (Wildman–Crippen MR) is 33.6 cm³/mol. The van der Waals surface area contributed by atoms with Gasteiger partial charge in [0.05, 0.1) is 12.2 Å². The molecular formula is C6H12NO2Sc-. The van der Waals surface area contributed by atoms with Gasteiger partial charge in [0.15, 0.2) is 0 Å². The van der Waals surface area contributed by atoms with Crippen LogP contribution < -0.4 is 0 Å². The van der Waals surface area contributed by atoms with E-state index >= 15 is 0 Å². The van der Waals surface area contributed by atoms with Crippen LogP contribution in [0.2, 0.25) is 0 Å². The van der Waals surface area contributed by atoms with Gasteiger partial charge in [0.1, 0.15) is 0 Å². The zero-order chi connectivity index (χ0) is 6.85. The second-order valence-electron chi connectivity index (χ2n) is 2.35. The first-order valence-electron chi connectivity index (χ1n) is 3.13. The largest absolute Gasteiger partial charge is 0.452 e. The molecule has 0 aromatic rings. The molecule has 57 valence electrons. The van der Waals surface area contributed by atoms with Gasteiger partial charge in [-0.05, 0) is 13.1 Å². The summed E-state index contributed by atoms with van der Waals surface area (Å²) in [6.07, 6.45) is -1.11. The van der Waals surface area contributed by atoms with E-state index in [0.717, 1.165) is 0 Å². The molecule has 4 heteroatoms. The van der Waals surface area contributed by atoms with E-state index in [1.807, 2.05) is 18.4 Å². The molecule has 0 saturated carbocycles. The van der Waals surface area contributed by atoms with Crippen LogP contribution in [0.25, 0.3) is 0 Å². The Hall–Kier alpha value is 0.750. The Morgan fingerprint density at radius 2 is 1.70 bits per heavy atom. The maximum absolute atomic E-state index is 8.99. The third kappa shape index (κ3) is 2.42. The number of nitrogens with zero attached hydrogens (tertiary/aromatic N) is 1. The van der Waals surface area contributed by atoms with Gasteiger partial charge in [-0.15, -0.1) is 0 Å². The average Bonchev–Trinajstić information content (AvgIpc) is 2.13. The van der Waals surface area contributed by atoms with Crippen LogP contribution in [-0.2, 0) is 25.8 Å². The molecule has 1 aliphatic heterocycles. The average molecular weight is 175 g/mol. The Morgan fingerprint density at radius 1 is 1.30 bits per heavy atom. The van der Waals surface area contributed by atoms with Crippen molar-refractivity contribution in [3.05, 3.63) is 6.54 Å². The summed E-state index contributed by atoms with van der Waals surface area (Å²) < 4.78 is 0. The van der Waals surface area contributed by atoms with E-state index in [1.165, 1.54) is 0 Å². The number of β-amino-alcohol motifs (C(OH)–C–C–N with tert-alkyl or cyclic N) is 2. The van der Waals surface area contributed by atoms with E-state index < -0.39 is 12.2 Å². The molecule has 0 aromatic carbocycles. The van der Waals surface area contributed by atoms with Crippen molar-refractivity contribution in [1.29, 1.82) is 0 Å². The zero-order valence-electron chi connectivity index (χ0n) is 6.07. The molecule has 0 aromatic heterocycles. The minimum Gasteiger partial charge on any atom is -0.452 e. The van der Waals surface area contributed by atoms with E-state index in [9.17, 15) is 0 Å². The Labute approximate surface area is 79.8 Å². The molecule has 0 spiro atoms. The maximum atomic E-state index is 8.99. The molecule has 1 saturated heterocycles. The van der Waals surface area contributed by atoms with Gasteiger partial charge < -0.3 is 15.1 Å². The van der Waals surface area contributed by atoms with Gasteiger partial charge in [-0.3, -0.25) is 6.54 Å². The van der Waals surface area contributed by atoms with Crippen molar-refractivity contribution in [2.45, 2.75) is 19.1 Å². The summed E-state index contributed by atoms with van der Waals surface area (Å²) in [5.41, 5.74) is 0. The van der Waals surface area contributed by atoms with E-state index in [1.54, 1.807) is 0 Å². The number of hydrogen-bond donors (Lipinski definition) is 2. The molecule has 0 bridgehead atoms. The Morgan fingerprint density at radius 3 is 1.90 bits per heavy atom. The molecule has 1 rings (SSSR count). The first-order chi connectivity index (χ1) is 4.24. The van der Waals surface area contributed by atoms with Gasteiger partial charge in [0.2, 0.25) is 0 Å². The zero-order valence-corrected chi connectivity index (χ0v) is 7.87. The molecule has 0 aliphatic carbocycles. The predicted octanol–water partition coefficient (Wildman–Crippen LogP) is -0.797. The monoisotopic (exact) mass is 175 g/mol. The van der Waals surface area contributed by atoms with Crippen molar-refractivity contribution in [3.8, 4) is 0 Å². The first kappa shape index (κ1) is 10.8. The van der Waals surface area contributed by atoms with Gasteiger partial charge >= 0.3 is 0 Å². The van der Waals surface area contributed by atoms with Crippen molar-refractivity contribution in [1.82, 2.24) is 4.90 Å². The quantitative estimate of drug-likeness (QED) is 0.513. The fourth-order valence-electron chi connectivity index (χ4n) is 1.01. The molecule has 1 heterocycles. The summed E-state index contributed by atoms with van der Waals surface area (Å²) in [6.45, 7) is 4.90. The normalized spacial score (nSPS) is 33.9. The van der Waals surface area contributed by atoms with Crippen molar-refractivity contribution >= 4 is 0 Å².